The Bertz CT molecular complexity index is 1380. The number of rotatable bonds is 4. The highest BCUT2D eigenvalue weighted by Gasteiger charge is 2.11. The van der Waals surface area contributed by atoms with Gasteiger partial charge in [-0.15, -0.1) is 0 Å². The molecule has 0 N–H and O–H groups in total. The Hall–Kier alpha value is -3.80. The number of hydrogen-bond acceptors (Lipinski definition) is 4. The smallest absolute Gasteiger partial charge is 0.168 e. The Morgan fingerprint density at radius 2 is 1.76 bits per heavy atom. The number of ketones is 1. The zero-order valence-electron chi connectivity index (χ0n) is 16.2. The van der Waals surface area contributed by atoms with Gasteiger partial charge in [0.1, 0.15) is 0 Å². The molecule has 2 aromatic carbocycles. The molecule has 5 aromatic rings. The number of aromatic nitrogens is 5. The maximum absolute atomic E-state index is 12.8. The first-order valence-corrected chi connectivity index (χ1v) is 9.39. The minimum atomic E-state index is 0.0472. The van der Waals surface area contributed by atoms with Gasteiger partial charge in [0.25, 0.3) is 0 Å². The average molecular weight is 381 g/mol. The molecular formula is C23H19N5O. The van der Waals surface area contributed by atoms with Gasteiger partial charge < -0.3 is 0 Å². The molecule has 0 saturated heterocycles. The van der Waals surface area contributed by atoms with E-state index in [-0.39, 0.29) is 12.2 Å². The highest BCUT2D eigenvalue weighted by atomic mass is 16.1. The molecule has 3 heterocycles. The van der Waals surface area contributed by atoms with Crippen LogP contribution in [-0.2, 0) is 20.5 Å². The highest BCUT2D eigenvalue weighted by Crippen LogP contribution is 2.24. The van der Waals surface area contributed by atoms with Crippen LogP contribution in [0.25, 0.3) is 32.8 Å². The van der Waals surface area contributed by atoms with Gasteiger partial charge >= 0.3 is 0 Å². The number of aryl methyl sites for hydroxylation is 2. The second-order valence-electron chi connectivity index (χ2n) is 7.28. The topological polar surface area (TPSA) is 65.6 Å². The lowest BCUT2D eigenvalue weighted by Crippen LogP contribution is -2.05. The fourth-order valence-electron chi connectivity index (χ4n) is 3.64. The molecule has 29 heavy (non-hydrogen) atoms. The van der Waals surface area contributed by atoms with E-state index < -0.39 is 0 Å². The third-order valence-electron chi connectivity index (χ3n) is 5.23. The molecule has 0 atom stereocenters. The fraction of sp³-hybridized carbons (Fsp3) is 0.130. The van der Waals surface area contributed by atoms with Crippen LogP contribution in [0, 0.1) is 0 Å². The van der Waals surface area contributed by atoms with Crippen LogP contribution in [0.1, 0.15) is 16.1 Å². The summed E-state index contributed by atoms with van der Waals surface area (Å²) in [5.41, 5.74) is 4.60. The van der Waals surface area contributed by atoms with Gasteiger partial charge in [0, 0.05) is 54.1 Å². The lowest BCUT2D eigenvalue weighted by atomic mass is 10.0. The van der Waals surface area contributed by atoms with Gasteiger partial charge in [-0.2, -0.15) is 10.2 Å². The predicted octanol–water partition coefficient (Wildman–Crippen LogP) is 3.95. The number of nitrogens with zero attached hydrogens (tertiary/aromatic N) is 5. The molecule has 0 aliphatic carbocycles. The van der Waals surface area contributed by atoms with Gasteiger partial charge in [-0.1, -0.05) is 12.1 Å². The van der Waals surface area contributed by atoms with E-state index >= 15 is 0 Å². The molecular weight excluding hydrogens is 362 g/mol. The molecule has 5 rings (SSSR count). The molecule has 3 aromatic heterocycles. The minimum Gasteiger partial charge on any atom is -0.294 e. The summed E-state index contributed by atoms with van der Waals surface area (Å²) in [5.74, 6) is 0.0472. The van der Waals surface area contributed by atoms with Crippen molar-refractivity contribution in [2.45, 2.75) is 6.42 Å². The van der Waals surface area contributed by atoms with Crippen molar-refractivity contribution in [1.82, 2.24) is 24.5 Å². The van der Waals surface area contributed by atoms with E-state index in [0.29, 0.717) is 5.56 Å². The van der Waals surface area contributed by atoms with E-state index in [2.05, 4.69) is 27.3 Å². The van der Waals surface area contributed by atoms with Gasteiger partial charge in [-0.05, 0) is 41.3 Å². The van der Waals surface area contributed by atoms with Crippen LogP contribution in [0.3, 0.4) is 0 Å². The van der Waals surface area contributed by atoms with Crippen LogP contribution in [0.2, 0.25) is 0 Å². The van der Waals surface area contributed by atoms with Gasteiger partial charge in [0.05, 0.1) is 24.3 Å². The Balaban J connectivity index is 1.45. The van der Waals surface area contributed by atoms with Crippen molar-refractivity contribution in [3.8, 4) is 11.1 Å². The van der Waals surface area contributed by atoms with E-state index in [0.717, 1.165) is 38.5 Å². The summed E-state index contributed by atoms with van der Waals surface area (Å²) in [6, 6.07) is 13.9. The molecule has 0 fully saturated rings. The number of benzene rings is 2. The van der Waals surface area contributed by atoms with Gasteiger partial charge in [0.2, 0.25) is 0 Å². The third-order valence-corrected chi connectivity index (χ3v) is 5.23. The summed E-state index contributed by atoms with van der Waals surface area (Å²) in [4.78, 5) is 17.3. The van der Waals surface area contributed by atoms with Gasteiger partial charge in [0.15, 0.2) is 5.78 Å². The molecule has 6 heteroatoms. The number of carbonyl (C=O) groups is 1. The van der Waals surface area contributed by atoms with E-state index in [4.69, 9.17) is 0 Å². The van der Waals surface area contributed by atoms with Gasteiger partial charge in [-0.3, -0.25) is 19.1 Å². The van der Waals surface area contributed by atoms with Crippen LogP contribution < -0.4 is 0 Å². The first-order chi connectivity index (χ1) is 14.1. The zero-order valence-corrected chi connectivity index (χ0v) is 16.2. The zero-order chi connectivity index (χ0) is 20.0. The van der Waals surface area contributed by atoms with Crippen LogP contribution in [0.5, 0.6) is 0 Å². The highest BCUT2D eigenvalue weighted by molar-refractivity contribution is 6.00. The molecule has 142 valence electrons. The van der Waals surface area contributed by atoms with Crippen molar-refractivity contribution < 1.29 is 4.79 Å². The molecule has 0 radical (unpaired) electrons. The molecule has 0 bridgehead atoms. The number of fused-ring (bicyclic) bond motifs is 2. The lowest BCUT2D eigenvalue weighted by molar-refractivity contribution is 0.0992. The summed E-state index contributed by atoms with van der Waals surface area (Å²) in [7, 11) is 3.80. The number of hydrogen-bond donors (Lipinski definition) is 0. The van der Waals surface area contributed by atoms with E-state index in [1.165, 1.54) is 0 Å². The van der Waals surface area contributed by atoms with E-state index in [9.17, 15) is 4.79 Å². The second kappa shape index (κ2) is 6.67. The summed E-state index contributed by atoms with van der Waals surface area (Å²) in [6.07, 6.45) is 7.71. The summed E-state index contributed by atoms with van der Waals surface area (Å²) >= 11 is 0. The Labute approximate surface area is 167 Å². The summed E-state index contributed by atoms with van der Waals surface area (Å²) < 4.78 is 3.59. The number of Topliss-reactive ketones (excluding diaryl/α,β-unsaturated/α-hetero) is 1. The molecule has 0 aliphatic rings. The maximum Gasteiger partial charge on any atom is 0.168 e. The van der Waals surface area contributed by atoms with Crippen molar-refractivity contribution in [3.63, 3.8) is 0 Å². The van der Waals surface area contributed by atoms with E-state index in [1.807, 2.05) is 63.0 Å². The standard InChI is InChI=1S/C23H19N5O/c1-27-14-20(13-25-27)15-3-4-17-11-24-21(9-18(17)7-15)10-23(29)16-5-6-22-19(8-16)12-26-28(22)2/h3-9,11-14H,10H2,1-2H3. The first-order valence-electron chi connectivity index (χ1n) is 9.39. The van der Waals surface area contributed by atoms with Crippen molar-refractivity contribution in [1.29, 1.82) is 0 Å². The van der Waals surface area contributed by atoms with Crippen molar-refractivity contribution >= 4 is 27.5 Å². The van der Waals surface area contributed by atoms with Crippen LogP contribution >= 0.6 is 0 Å². The summed E-state index contributed by atoms with van der Waals surface area (Å²) in [5, 5.41) is 11.5. The monoisotopic (exact) mass is 381 g/mol. The van der Waals surface area contributed by atoms with Crippen LogP contribution in [0.15, 0.2) is 67.3 Å². The number of pyridine rings is 1. The summed E-state index contributed by atoms with van der Waals surface area (Å²) in [6.45, 7) is 0. The molecule has 0 saturated carbocycles. The normalized spacial score (nSPS) is 11.4. The second-order valence-corrected chi connectivity index (χ2v) is 7.28. The Morgan fingerprint density at radius 3 is 2.59 bits per heavy atom. The molecule has 0 spiro atoms. The maximum atomic E-state index is 12.8. The molecule has 0 amide bonds. The molecule has 6 nitrogen and oxygen atoms in total. The van der Waals surface area contributed by atoms with Gasteiger partial charge in [-0.25, -0.2) is 0 Å². The van der Waals surface area contributed by atoms with Crippen molar-refractivity contribution in [2.24, 2.45) is 14.1 Å². The average Bonchev–Trinajstić information content (AvgIpc) is 3.33. The first kappa shape index (κ1) is 17.3. The Kier molecular flexibility index (Phi) is 3.98. The molecule has 0 aliphatic heterocycles. The Morgan fingerprint density at radius 1 is 0.862 bits per heavy atom. The van der Waals surface area contributed by atoms with Crippen LogP contribution in [-0.4, -0.2) is 30.3 Å². The third kappa shape index (κ3) is 3.18. The fourth-order valence-corrected chi connectivity index (χ4v) is 3.64. The van der Waals surface area contributed by atoms with Crippen molar-refractivity contribution in [2.75, 3.05) is 0 Å². The predicted molar refractivity (Wildman–Crippen MR) is 113 cm³/mol. The van der Waals surface area contributed by atoms with Crippen LogP contribution in [0.4, 0.5) is 0 Å². The molecule has 0 unspecified atom stereocenters. The number of carbonyl (C=O) groups excluding carboxylic acids is 1. The SMILES string of the molecule is Cn1cc(-c2ccc3cnc(CC(=O)c4ccc5c(cnn5C)c4)cc3c2)cn1. The van der Waals surface area contributed by atoms with Crippen molar-refractivity contribution in [3.05, 3.63) is 78.5 Å². The lowest BCUT2D eigenvalue weighted by Gasteiger charge is -2.05. The minimum absolute atomic E-state index is 0.0472. The van der Waals surface area contributed by atoms with E-state index in [1.54, 1.807) is 15.6 Å². The largest absolute Gasteiger partial charge is 0.294 e. The quantitative estimate of drug-likeness (QED) is 0.442.